The topological polar surface area (TPSA) is 163 Å². The fourth-order valence-corrected chi connectivity index (χ4v) is 5.28. The summed E-state index contributed by atoms with van der Waals surface area (Å²) in [5.41, 5.74) is 0.367. The molecule has 0 radical (unpaired) electrons. The van der Waals surface area contributed by atoms with Gasteiger partial charge in [0.25, 0.3) is 5.91 Å². The minimum atomic E-state index is -4.10. The van der Waals surface area contributed by atoms with Gasteiger partial charge in [0, 0.05) is 54.7 Å². The summed E-state index contributed by atoms with van der Waals surface area (Å²) in [6, 6.07) is 9.69. The Kier molecular flexibility index (Phi) is 7.87. The Balaban J connectivity index is 1.35. The highest BCUT2D eigenvalue weighted by Crippen LogP contribution is 2.33. The van der Waals surface area contributed by atoms with Crippen LogP contribution in [0.4, 0.5) is 14.9 Å². The zero-order valence-electron chi connectivity index (χ0n) is 22.3. The van der Waals surface area contributed by atoms with Gasteiger partial charge in [0.1, 0.15) is 12.4 Å². The molecule has 11 nitrogen and oxygen atoms in total. The molecule has 2 aromatic rings. The molecular weight excluding hydrogens is 541 g/mol. The van der Waals surface area contributed by atoms with Crippen LogP contribution < -0.4 is 10.5 Å². The van der Waals surface area contributed by atoms with Gasteiger partial charge in [-0.15, -0.1) is 0 Å². The molecule has 2 unspecified atom stereocenters. The lowest BCUT2D eigenvalue weighted by Gasteiger charge is -2.22. The van der Waals surface area contributed by atoms with Crippen molar-refractivity contribution in [2.75, 3.05) is 31.5 Å². The van der Waals surface area contributed by atoms with Crippen LogP contribution in [-0.2, 0) is 26.2 Å². The number of halogens is 1. The van der Waals surface area contributed by atoms with E-state index in [2.05, 4.69) is 5.32 Å². The van der Waals surface area contributed by atoms with E-state index in [4.69, 9.17) is 9.88 Å². The molecule has 0 saturated carbocycles. The Labute approximate surface area is 231 Å². The molecule has 0 aromatic heterocycles. The Morgan fingerprint density at radius 1 is 1.07 bits per heavy atom. The van der Waals surface area contributed by atoms with E-state index < -0.39 is 38.2 Å². The van der Waals surface area contributed by atoms with Gasteiger partial charge in [-0.25, -0.2) is 22.7 Å². The summed E-state index contributed by atoms with van der Waals surface area (Å²) in [6.45, 7) is 6.47. The van der Waals surface area contributed by atoms with Gasteiger partial charge in [0.15, 0.2) is 0 Å². The lowest BCUT2D eigenvalue weighted by molar-refractivity contribution is -0.123. The van der Waals surface area contributed by atoms with Crippen molar-refractivity contribution < 1.29 is 31.9 Å². The van der Waals surface area contributed by atoms with E-state index in [1.165, 1.54) is 11.0 Å². The lowest BCUT2D eigenvalue weighted by Crippen LogP contribution is -2.36. The third-order valence-corrected chi connectivity index (χ3v) is 7.96. The number of ether oxygens (including phenoxy) is 1. The van der Waals surface area contributed by atoms with Crippen molar-refractivity contribution in [2.45, 2.75) is 32.3 Å². The molecule has 2 aliphatic rings. The van der Waals surface area contributed by atoms with Crippen LogP contribution in [0.15, 0.2) is 41.3 Å². The monoisotopic (exact) mass is 571 g/mol. The number of benzene rings is 2. The number of nitrogens with one attached hydrogen (secondary N) is 1. The first-order valence-corrected chi connectivity index (χ1v) is 14.1. The third kappa shape index (κ3) is 6.24. The highest BCUT2D eigenvalue weighted by atomic mass is 32.2. The quantitative estimate of drug-likeness (QED) is 0.557. The van der Waals surface area contributed by atoms with Crippen LogP contribution in [0.2, 0.25) is 0 Å². The van der Waals surface area contributed by atoms with Crippen LogP contribution >= 0.6 is 0 Å². The maximum atomic E-state index is 14.5. The molecule has 3 N–H and O–H groups in total. The molecule has 0 spiro atoms. The summed E-state index contributed by atoms with van der Waals surface area (Å²) in [7, 11) is -4.10. The molecule has 2 saturated heterocycles. The summed E-state index contributed by atoms with van der Waals surface area (Å²) in [4.78, 5) is 40.9. The Hall–Kier alpha value is -4.02. The maximum Gasteiger partial charge on any atom is 0.410 e. The van der Waals surface area contributed by atoms with Crippen LogP contribution in [0, 0.1) is 34.4 Å². The standard InChI is InChI=1S/C27H30FN5O6S/c1-27(2,3)25(35)31-23-8-16(10-29)4-5-17(23)15-39-26(36)33-13-18-11-32(12-19(18)14-33)24(34)21-7-6-20(9-22(21)28)40(30,37)38/h4-9,18-19H,11-15H2,1-3H3,(H,31,35)(H2,30,37,38). The number of likely N-dealkylation sites (tertiary alicyclic amines) is 2. The number of hydrogen-bond acceptors (Lipinski definition) is 7. The number of amides is 3. The number of nitrogens with two attached hydrogens (primary N) is 1. The smallest absolute Gasteiger partial charge is 0.410 e. The minimum Gasteiger partial charge on any atom is -0.444 e. The number of nitrogens with zero attached hydrogens (tertiary/aromatic N) is 3. The van der Waals surface area contributed by atoms with Crippen LogP contribution in [0.1, 0.15) is 42.3 Å². The summed E-state index contributed by atoms with van der Waals surface area (Å²) >= 11 is 0. The van der Waals surface area contributed by atoms with E-state index >= 15 is 0 Å². The van der Waals surface area contributed by atoms with Gasteiger partial charge in [-0.3, -0.25) is 9.59 Å². The van der Waals surface area contributed by atoms with E-state index in [0.717, 1.165) is 18.2 Å². The molecule has 0 bridgehead atoms. The van der Waals surface area contributed by atoms with Gasteiger partial charge < -0.3 is 19.9 Å². The van der Waals surface area contributed by atoms with Crippen LogP contribution in [0.3, 0.4) is 0 Å². The summed E-state index contributed by atoms with van der Waals surface area (Å²) in [5.74, 6) is -1.84. The van der Waals surface area contributed by atoms with Crippen molar-refractivity contribution in [3.05, 3.63) is 58.9 Å². The normalized spacial score (nSPS) is 18.7. The largest absolute Gasteiger partial charge is 0.444 e. The van der Waals surface area contributed by atoms with Crippen molar-refractivity contribution in [1.29, 1.82) is 5.26 Å². The number of fused-ring (bicyclic) bond motifs is 1. The van der Waals surface area contributed by atoms with Gasteiger partial charge in [-0.2, -0.15) is 5.26 Å². The lowest BCUT2D eigenvalue weighted by atomic mass is 9.95. The molecule has 2 aliphatic heterocycles. The Morgan fingerprint density at radius 2 is 1.70 bits per heavy atom. The van der Waals surface area contributed by atoms with Crippen molar-refractivity contribution in [3.8, 4) is 6.07 Å². The molecule has 4 rings (SSSR count). The Morgan fingerprint density at radius 3 is 2.25 bits per heavy atom. The number of primary sulfonamides is 1. The van der Waals surface area contributed by atoms with E-state index in [-0.39, 0.29) is 29.9 Å². The Bertz CT molecular complexity index is 1500. The number of rotatable bonds is 5. The van der Waals surface area contributed by atoms with E-state index in [9.17, 15) is 32.5 Å². The first-order valence-electron chi connectivity index (χ1n) is 12.5. The van der Waals surface area contributed by atoms with Crippen molar-refractivity contribution >= 4 is 33.6 Å². The average molecular weight is 572 g/mol. The van der Waals surface area contributed by atoms with E-state index in [1.807, 2.05) is 6.07 Å². The molecule has 0 aliphatic carbocycles. The minimum absolute atomic E-state index is 0.0280. The van der Waals surface area contributed by atoms with Crippen LogP contribution in [-0.4, -0.2) is 62.3 Å². The second-order valence-electron chi connectivity index (χ2n) is 11.1. The third-order valence-electron chi connectivity index (χ3n) is 7.05. The number of carbonyl (C=O) groups excluding carboxylic acids is 3. The predicted molar refractivity (Wildman–Crippen MR) is 142 cm³/mol. The van der Waals surface area contributed by atoms with Crippen molar-refractivity contribution in [2.24, 2.45) is 22.4 Å². The molecule has 3 amide bonds. The number of anilines is 1. The number of carbonyl (C=O) groups is 3. The number of hydrogen-bond donors (Lipinski definition) is 2. The molecule has 2 fully saturated rings. The number of sulfonamides is 1. The summed E-state index contributed by atoms with van der Waals surface area (Å²) in [6.07, 6.45) is -0.547. The van der Waals surface area contributed by atoms with Gasteiger partial charge >= 0.3 is 6.09 Å². The fraction of sp³-hybridized carbons (Fsp3) is 0.407. The first-order chi connectivity index (χ1) is 18.7. The van der Waals surface area contributed by atoms with Gasteiger partial charge in [0.2, 0.25) is 15.9 Å². The average Bonchev–Trinajstić information content (AvgIpc) is 3.46. The second-order valence-corrected chi connectivity index (χ2v) is 12.6. The van der Waals surface area contributed by atoms with Gasteiger partial charge in [-0.05, 0) is 30.3 Å². The predicted octanol–water partition coefficient (Wildman–Crippen LogP) is 2.67. The summed E-state index contributed by atoms with van der Waals surface area (Å²) < 4.78 is 42.9. The molecule has 2 aromatic carbocycles. The van der Waals surface area contributed by atoms with Gasteiger partial charge in [-0.1, -0.05) is 26.8 Å². The number of nitriles is 1. The van der Waals surface area contributed by atoms with Gasteiger partial charge in [0.05, 0.1) is 22.1 Å². The van der Waals surface area contributed by atoms with Crippen LogP contribution in [0.25, 0.3) is 0 Å². The molecule has 212 valence electrons. The van der Waals surface area contributed by atoms with Crippen molar-refractivity contribution in [1.82, 2.24) is 9.80 Å². The highest BCUT2D eigenvalue weighted by molar-refractivity contribution is 7.89. The molecule has 2 heterocycles. The molecule has 40 heavy (non-hydrogen) atoms. The fourth-order valence-electron chi connectivity index (χ4n) is 4.75. The zero-order valence-corrected chi connectivity index (χ0v) is 23.1. The first kappa shape index (κ1) is 29.0. The van der Waals surface area contributed by atoms with Crippen molar-refractivity contribution in [3.63, 3.8) is 0 Å². The highest BCUT2D eigenvalue weighted by Gasteiger charge is 2.44. The van der Waals surface area contributed by atoms with E-state index in [1.54, 1.807) is 37.8 Å². The second kappa shape index (κ2) is 10.9. The zero-order chi connectivity index (χ0) is 29.4. The summed E-state index contributed by atoms with van der Waals surface area (Å²) in [5, 5.41) is 17.1. The molecular formula is C27H30FN5O6S. The molecule has 13 heteroatoms. The maximum absolute atomic E-state index is 14.5. The molecule has 2 atom stereocenters. The SMILES string of the molecule is CC(C)(C)C(=O)Nc1cc(C#N)ccc1COC(=O)N1CC2CN(C(=O)c3ccc(S(N)(=O)=O)cc3F)CC2C1. The van der Waals surface area contributed by atoms with E-state index in [0.29, 0.717) is 43.0 Å². The van der Waals surface area contributed by atoms with Crippen LogP contribution in [0.5, 0.6) is 0 Å².